The Hall–Kier alpha value is -1.99. The second-order valence-electron chi connectivity index (χ2n) is 5.47. The molecular formula is C13H13FN4O2. The van der Waals surface area contributed by atoms with Crippen molar-refractivity contribution >= 4 is 17.5 Å². The van der Waals surface area contributed by atoms with E-state index in [1.807, 2.05) is 0 Å². The topological polar surface area (TPSA) is 82.3 Å². The van der Waals surface area contributed by atoms with Crippen LogP contribution < -0.4 is 21.5 Å². The number of carbonyl (C=O) groups is 2. The third-order valence-corrected chi connectivity index (χ3v) is 4.49. The summed E-state index contributed by atoms with van der Waals surface area (Å²) in [6.07, 6.45) is -0.208. The highest BCUT2D eigenvalue weighted by molar-refractivity contribution is 6.09. The molecule has 0 bridgehead atoms. The van der Waals surface area contributed by atoms with Crippen molar-refractivity contribution in [3.8, 4) is 0 Å². The number of hydrazine groups is 1. The average Bonchev–Trinajstić information content (AvgIpc) is 2.94. The summed E-state index contributed by atoms with van der Waals surface area (Å²) in [6, 6.07) is 4.24. The number of hydrogen-bond acceptors (Lipinski definition) is 4. The van der Waals surface area contributed by atoms with E-state index < -0.39 is 11.2 Å². The third-order valence-electron chi connectivity index (χ3n) is 4.49. The van der Waals surface area contributed by atoms with Crippen molar-refractivity contribution in [3.63, 3.8) is 0 Å². The zero-order chi connectivity index (χ0) is 13.9. The van der Waals surface area contributed by atoms with Gasteiger partial charge in [-0.2, -0.15) is 0 Å². The summed E-state index contributed by atoms with van der Waals surface area (Å²) in [5.41, 5.74) is 6.20. The zero-order valence-corrected chi connectivity index (χ0v) is 10.5. The minimum absolute atomic E-state index is 0.0853. The van der Waals surface area contributed by atoms with Gasteiger partial charge in [-0.25, -0.2) is 9.82 Å². The molecule has 2 fully saturated rings. The van der Waals surface area contributed by atoms with E-state index in [2.05, 4.69) is 21.5 Å². The van der Waals surface area contributed by atoms with Gasteiger partial charge in [-0.15, -0.1) is 0 Å². The Bertz CT molecular complexity index is 635. The van der Waals surface area contributed by atoms with Gasteiger partial charge >= 0.3 is 0 Å². The van der Waals surface area contributed by atoms with E-state index in [1.54, 1.807) is 6.07 Å². The Morgan fingerprint density at radius 1 is 1.30 bits per heavy atom. The normalized spacial score (nSPS) is 34.6. The van der Waals surface area contributed by atoms with E-state index >= 15 is 0 Å². The summed E-state index contributed by atoms with van der Waals surface area (Å²) in [6.45, 7) is 0.565. The van der Waals surface area contributed by atoms with E-state index in [0.717, 1.165) is 0 Å². The Labute approximate surface area is 114 Å². The minimum Gasteiger partial charge on any atom is -0.339 e. The van der Waals surface area contributed by atoms with Crippen molar-refractivity contribution in [2.75, 3.05) is 11.9 Å². The fourth-order valence-electron chi connectivity index (χ4n) is 3.61. The highest BCUT2D eigenvalue weighted by atomic mass is 19.1. The Morgan fingerprint density at radius 2 is 2.15 bits per heavy atom. The predicted molar refractivity (Wildman–Crippen MR) is 67.9 cm³/mol. The fourth-order valence-corrected chi connectivity index (χ4v) is 3.61. The molecule has 3 heterocycles. The van der Waals surface area contributed by atoms with Crippen LogP contribution >= 0.6 is 0 Å². The maximum Gasteiger partial charge on any atom is 0.236 e. The van der Waals surface area contributed by atoms with Crippen molar-refractivity contribution in [1.82, 2.24) is 16.2 Å². The van der Waals surface area contributed by atoms with E-state index in [-0.39, 0.29) is 30.3 Å². The van der Waals surface area contributed by atoms with Crippen LogP contribution in [0, 0.1) is 11.7 Å². The van der Waals surface area contributed by atoms with Gasteiger partial charge in [0.05, 0.1) is 11.6 Å². The molecule has 1 aromatic carbocycles. The third kappa shape index (κ3) is 1.33. The SMILES string of the molecule is O=C1CC2(C(=O)Nc3cc(F)ccc32)C2CNNC2N1. The van der Waals surface area contributed by atoms with Crippen LogP contribution in [0.5, 0.6) is 0 Å². The molecule has 3 aliphatic rings. The summed E-state index contributed by atoms with van der Waals surface area (Å²) in [5, 5.41) is 5.54. The molecule has 1 aromatic rings. The molecular weight excluding hydrogens is 263 g/mol. The molecule has 3 unspecified atom stereocenters. The van der Waals surface area contributed by atoms with Gasteiger partial charge in [0.1, 0.15) is 5.82 Å². The van der Waals surface area contributed by atoms with E-state index in [9.17, 15) is 14.0 Å². The summed E-state index contributed by atoms with van der Waals surface area (Å²) in [5.74, 6) is -0.921. The Balaban J connectivity index is 1.91. The molecule has 2 amide bonds. The standard InChI is InChI=1S/C13H13FN4O2/c14-6-1-2-7-9(3-6)16-12(20)13(7)4-10(19)17-11-8(13)5-15-18-11/h1-3,8,11,15,18H,4-5H2,(H,16,20)(H,17,19). The molecule has 0 saturated carbocycles. The lowest BCUT2D eigenvalue weighted by Crippen LogP contribution is -2.61. The molecule has 4 N–H and O–H groups in total. The second-order valence-corrected chi connectivity index (χ2v) is 5.47. The van der Waals surface area contributed by atoms with E-state index in [0.29, 0.717) is 17.8 Å². The molecule has 3 aliphatic heterocycles. The predicted octanol–water partition coefficient (Wildman–Crippen LogP) is -0.414. The summed E-state index contributed by atoms with van der Waals surface area (Å²) in [4.78, 5) is 24.5. The molecule has 4 rings (SSSR count). The van der Waals surface area contributed by atoms with Crippen LogP contribution in [0.2, 0.25) is 0 Å². The molecule has 1 spiro atoms. The first kappa shape index (κ1) is 11.8. The lowest BCUT2D eigenvalue weighted by Gasteiger charge is -2.40. The maximum absolute atomic E-state index is 13.3. The maximum atomic E-state index is 13.3. The lowest BCUT2D eigenvalue weighted by atomic mass is 9.66. The number of hydrogen-bond donors (Lipinski definition) is 4. The number of halogens is 1. The van der Waals surface area contributed by atoms with Gasteiger partial charge in [-0.05, 0) is 17.7 Å². The minimum atomic E-state index is -0.924. The van der Waals surface area contributed by atoms with Crippen LogP contribution in [-0.2, 0) is 15.0 Å². The van der Waals surface area contributed by atoms with Crippen LogP contribution in [0.15, 0.2) is 18.2 Å². The van der Waals surface area contributed by atoms with Crippen molar-refractivity contribution < 1.29 is 14.0 Å². The van der Waals surface area contributed by atoms with Crippen molar-refractivity contribution in [2.45, 2.75) is 18.0 Å². The number of benzene rings is 1. The smallest absolute Gasteiger partial charge is 0.236 e. The van der Waals surface area contributed by atoms with Crippen LogP contribution in [0.25, 0.3) is 0 Å². The first-order valence-corrected chi connectivity index (χ1v) is 6.50. The second kappa shape index (κ2) is 3.77. The van der Waals surface area contributed by atoms with Crippen LogP contribution in [0.1, 0.15) is 12.0 Å². The molecule has 0 aromatic heterocycles. The lowest BCUT2D eigenvalue weighted by molar-refractivity contribution is -0.134. The Morgan fingerprint density at radius 3 is 3.00 bits per heavy atom. The zero-order valence-electron chi connectivity index (χ0n) is 10.5. The number of nitrogens with one attached hydrogen (secondary N) is 4. The van der Waals surface area contributed by atoms with Gasteiger partial charge in [0.15, 0.2) is 0 Å². The van der Waals surface area contributed by atoms with Gasteiger partial charge in [-0.3, -0.25) is 15.0 Å². The summed E-state index contributed by atoms with van der Waals surface area (Å²) in [7, 11) is 0. The summed E-state index contributed by atoms with van der Waals surface area (Å²) < 4.78 is 13.3. The highest BCUT2D eigenvalue weighted by Gasteiger charge is 2.59. The molecule has 3 atom stereocenters. The number of anilines is 1. The van der Waals surface area contributed by atoms with Gasteiger partial charge < -0.3 is 10.6 Å². The molecule has 20 heavy (non-hydrogen) atoms. The van der Waals surface area contributed by atoms with Crippen LogP contribution in [0.4, 0.5) is 10.1 Å². The van der Waals surface area contributed by atoms with Crippen molar-refractivity contribution in [1.29, 1.82) is 0 Å². The van der Waals surface area contributed by atoms with Gasteiger partial charge in [-0.1, -0.05) is 6.07 Å². The number of carbonyl (C=O) groups excluding carboxylic acids is 2. The quantitative estimate of drug-likeness (QED) is 0.519. The molecule has 0 radical (unpaired) electrons. The number of piperidine rings is 1. The van der Waals surface area contributed by atoms with Gasteiger partial charge in [0.25, 0.3) is 0 Å². The molecule has 7 heteroatoms. The van der Waals surface area contributed by atoms with Gasteiger partial charge in [0, 0.05) is 24.6 Å². The number of fused-ring (bicyclic) bond motifs is 4. The molecule has 6 nitrogen and oxygen atoms in total. The Kier molecular flexibility index (Phi) is 2.22. The highest BCUT2D eigenvalue weighted by Crippen LogP contribution is 2.48. The van der Waals surface area contributed by atoms with Crippen molar-refractivity contribution in [3.05, 3.63) is 29.6 Å². The largest absolute Gasteiger partial charge is 0.339 e. The number of amides is 2. The van der Waals surface area contributed by atoms with Crippen molar-refractivity contribution in [2.24, 2.45) is 5.92 Å². The molecule has 2 saturated heterocycles. The first-order chi connectivity index (χ1) is 9.61. The van der Waals surface area contributed by atoms with E-state index in [4.69, 9.17) is 0 Å². The van der Waals surface area contributed by atoms with Gasteiger partial charge in [0.2, 0.25) is 11.8 Å². The fraction of sp³-hybridized carbons (Fsp3) is 0.385. The van der Waals surface area contributed by atoms with Crippen LogP contribution in [-0.4, -0.2) is 24.5 Å². The van der Waals surface area contributed by atoms with E-state index in [1.165, 1.54) is 12.1 Å². The monoisotopic (exact) mass is 276 g/mol. The average molecular weight is 276 g/mol. The molecule has 0 aliphatic carbocycles. The molecule has 104 valence electrons. The number of rotatable bonds is 0. The van der Waals surface area contributed by atoms with Crippen LogP contribution in [0.3, 0.4) is 0 Å². The first-order valence-electron chi connectivity index (χ1n) is 6.50. The summed E-state index contributed by atoms with van der Waals surface area (Å²) >= 11 is 0.